The molecule has 6 rings (SSSR count). The molecule has 3 heterocycles. The highest BCUT2D eigenvalue weighted by Crippen LogP contribution is 2.31. The first-order valence-corrected chi connectivity index (χ1v) is 15.7. The van der Waals surface area contributed by atoms with E-state index in [0.29, 0.717) is 42.9 Å². The van der Waals surface area contributed by atoms with Crippen LogP contribution < -0.4 is 20.4 Å². The van der Waals surface area contributed by atoms with E-state index < -0.39 is 0 Å². The van der Waals surface area contributed by atoms with Crippen molar-refractivity contribution >= 4 is 34.8 Å². The number of hydrogen-bond acceptors (Lipinski definition) is 6. The summed E-state index contributed by atoms with van der Waals surface area (Å²) in [5, 5.41) is 6.00. The fourth-order valence-electron chi connectivity index (χ4n) is 6.08. The number of likely N-dealkylation sites (tertiary alicyclic amines) is 1. The molecule has 0 atom stereocenters. The summed E-state index contributed by atoms with van der Waals surface area (Å²) in [4.78, 5) is 45.0. The maximum Gasteiger partial charge on any atom is 0.291 e. The molecule has 1 aromatic heterocycles. The third-order valence-corrected chi connectivity index (χ3v) is 8.53. The van der Waals surface area contributed by atoms with Crippen LogP contribution in [0.2, 0.25) is 0 Å². The second kappa shape index (κ2) is 13.7. The predicted molar refractivity (Wildman–Crippen MR) is 177 cm³/mol. The smallest absolute Gasteiger partial charge is 0.291 e. The summed E-state index contributed by atoms with van der Waals surface area (Å²) in [6.45, 7) is 7.20. The van der Waals surface area contributed by atoms with E-state index in [1.807, 2.05) is 41.3 Å². The summed E-state index contributed by atoms with van der Waals surface area (Å²) in [6, 6.07) is 26.9. The number of carbonyl (C=O) groups is 3. The first kappa shape index (κ1) is 30.0. The van der Waals surface area contributed by atoms with Crippen molar-refractivity contribution in [2.45, 2.75) is 26.2 Å². The van der Waals surface area contributed by atoms with E-state index in [2.05, 4.69) is 51.6 Å². The van der Waals surface area contributed by atoms with Crippen molar-refractivity contribution in [1.82, 2.24) is 10.2 Å². The molecule has 232 valence electrons. The van der Waals surface area contributed by atoms with Crippen LogP contribution in [-0.2, 0) is 4.79 Å². The van der Waals surface area contributed by atoms with Crippen molar-refractivity contribution in [2.24, 2.45) is 0 Å². The van der Waals surface area contributed by atoms with Gasteiger partial charge in [-0.25, -0.2) is 0 Å². The van der Waals surface area contributed by atoms with Gasteiger partial charge in [0.2, 0.25) is 5.91 Å². The summed E-state index contributed by atoms with van der Waals surface area (Å²) < 4.78 is 5.92. The normalized spacial score (nSPS) is 15.0. The molecular formula is C36H39N5O4. The topological polar surface area (TPSA) is 98.1 Å². The second-order valence-corrected chi connectivity index (χ2v) is 11.6. The van der Waals surface area contributed by atoms with Gasteiger partial charge in [-0.05, 0) is 61.7 Å². The van der Waals surface area contributed by atoms with Crippen LogP contribution in [0.25, 0.3) is 11.3 Å². The van der Waals surface area contributed by atoms with Gasteiger partial charge in [-0.3, -0.25) is 14.4 Å². The first-order valence-electron chi connectivity index (χ1n) is 15.7. The SMILES string of the molecule is Cc1ccccc1N1CCN(c2ccc(C(=O)NCCCN3CCCC3=O)cc2NC(=O)c2ccc(-c3ccccc3)o2)CC1. The van der Waals surface area contributed by atoms with Gasteiger partial charge < -0.3 is 29.8 Å². The molecule has 0 aliphatic carbocycles. The lowest BCUT2D eigenvalue weighted by atomic mass is 10.1. The van der Waals surface area contributed by atoms with Crippen LogP contribution in [-0.4, -0.2) is 68.4 Å². The zero-order valence-electron chi connectivity index (χ0n) is 25.6. The molecule has 2 saturated heterocycles. The van der Waals surface area contributed by atoms with Crippen LogP contribution in [0.15, 0.2) is 89.3 Å². The van der Waals surface area contributed by atoms with Crippen molar-refractivity contribution in [2.75, 3.05) is 60.9 Å². The van der Waals surface area contributed by atoms with E-state index in [1.165, 1.54) is 11.3 Å². The third kappa shape index (κ3) is 7.03. The van der Waals surface area contributed by atoms with Gasteiger partial charge in [-0.15, -0.1) is 0 Å². The van der Waals surface area contributed by atoms with E-state index in [0.717, 1.165) is 50.4 Å². The molecule has 2 aliphatic rings. The van der Waals surface area contributed by atoms with Crippen LogP contribution in [0.5, 0.6) is 0 Å². The van der Waals surface area contributed by atoms with E-state index >= 15 is 0 Å². The van der Waals surface area contributed by atoms with Crippen LogP contribution in [0.1, 0.15) is 45.7 Å². The van der Waals surface area contributed by atoms with E-state index in [1.54, 1.807) is 24.3 Å². The lowest BCUT2D eigenvalue weighted by molar-refractivity contribution is -0.127. The van der Waals surface area contributed by atoms with Crippen LogP contribution in [0.3, 0.4) is 0 Å². The Bertz CT molecular complexity index is 1660. The fraction of sp³-hybridized carbons (Fsp3) is 0.306. The molecule has 4 aromatic rings. The number of anilines is 3. The second-order valence-electron chi connectivity index (χ2n) is 11.6. The predicted octanol–water partition coefficient (Wildman–Crippen LogP) is 5.58. The number of rotatable bonds is 10. The number of benzene rings is 3. The molecule has 0 radical (unpaired) electrons. The molecule has 0 unspecified atom stereocenters. The standard InChI is InChI=1S/C36H39N5O4/c1-26-9-5-6-12-30(26)39-21-23-40(24-22-39)31-15-14-28(35(43)37-18-8-20-41-19-7-13-34(41)42)25-29(31)38-36(44)33-17-16-32(45-33)27-10-3-2-4-11-27/h2-6,9-12,14-17,25H,7-8,13,18-24H2,1H3,(H,37,43)(H,38,44). The highest BCUT2D eigenvalue weighted by molar-refractivity contribution is 6.06. The number of carbonyl (C=O) groups excluding carboxylic acids is 3. The van der Waals surface area contributed by atoms with E-state index in [9.17, 15) is 14.4 Å². The molecule has 3 amide bonds. The molecule has 45 heavy (non-hydrogen) atoms. The van der Waals surface area contributed by atoms with Gasteiger partial charge >= 0.3 is 0 Å². The molecule has 9 nitrogen and oxygen atoms in total. The van der Waals surface area contributed by atoms with E-state index in [4.69, 9.17) is 4.42 Å². The van der Waals surface area contributed by atoms with Crippen molar-refractivity contribution in [3.63, 3.8) is 0 Å². The average molecular weight is 606 g/mol. The Morgan fingerprint density at radius 3 is 2.27 bits per heavy atom. The Morgan fingerprint density at radius 2 is 1.53 bits per heavy atom. The minimum atomic E-state index is -0.384. The molecule has 0 spiro atoms. The highest BCUT2D eigenvalue weighted by Gasteiger charge is 2.24. The molecule has 9 heteroatoms. The lowest BCUT2D eigenvalue weighted by Gasteiger charge is -2.38. The van der Waals surface area contributed by atoms with Crippen molar-refractivity contribution < 1.29 is 18.8 Å². The summed E-state index contributed by atoms with van der Waals surface area (Å²) >= 11 is 0. The lowest BCUT2D eigenvalue weighted by Crippen LogP contribution is -2.47. The van der Waals surface area contributed by atoms with Crippen molar-refractivity contribution in [1.29, 1.82) is 0 Å². The minimum Gasteiger partial charge on any atom is -0.451 e. The minimum absolute atomic E-state index is 0.185. The van der Waals surface area contributed by atoms with Gasteiger partial charge in [0.25, 0.3) is 11.8 Å². The number of aryl methyl sites for hydroxylation is 1. The third-order valence-electron chi connectivity index (χ3n) is 8.53. The van der Waals surface area contributed by atoms with Gasteiger partial charge in [0.15, 0.2) is 5.76 Å². The molecule has 2 N–H and O–H groups in total. The van der Waals surface area contributed by atoms with Crippen molar-refractivity contribution in [3.05, 3.63) is 102 Å². The first-order chi connectivity index (χ1) is 22.0. The van der Waals surface area contributed by atoms with Crippen molar-refractivity contribution in [3.8, 4) is 11.3 Å². The number of piperazine rings is 1. The molecule has 2 fully saturated rings. The van der Waals surface area contributed by atoms with Gasteiger partial charge in [0, 0.05) is 69.0 Å². The molecule has 2 aliphatic heterocycles. The Hall–Kier alpha value is -5.05. The fourth-order valence-corrected chi connectivity index (χ4v) is 6.08. The van der Waals surface area contributed by atoms with Crippen LogP contribution in [0, 0.1) is 6.92 Å². The average Bonchev–Trinajstić information content (AvgIpc) is 3.73. The molecule has 0 bridgehead atoms. The summed E-state index contributed by atoms with van der Waals surface area (Å²) in [5.41, 5.74) is 5.23. The Morgan fingerprint density at radius 1 is 0.800 bits per heavy atom. The molecule has 0 saturated carbocycles. The summed E-state index contributed by atoms with van der Waals surface area (Å²) in [6.07, 6.45) is 2.20. The maximum atomic E-state index is 13.4. The number of amides is 3. The number of nitrogens with one attached hydrogen (secondary N) is 2. The number of para-hydroxylation sites is 1. The van der Waals surface area contributed by atoms with Gasteiger partial charge in [0.1, 0.15) is 5.76 Å². The van der Waals surface area contributed by atoms with Gasteiger partial charge in [-0.1, -0.05) is 48.5 Å². The largest absolute Gasteiger partial charge is 0.451 e. The van der Waals surface area contributed by atoms with Gasteiger partial charge in [0.05, 0.1) is 11.4 Å². The number of hydrogen-bond donors (Lipinski definition) is 2. The number of furan rings is 1. The summed E-state index contributed by atoms with van der Waals surface area (Å²) in [7, 11) is 0. The van der Waals surface area contributed by atoms with Crippen LogP contribution >= 0.6 is 0 Å². The van der Waals surface area contributed by atoms with Gasteiger partial charge in [-0.2, -0.15) is 0 Å². The number of nitrogens with zero attached hydrogens (tertiary/aromatic N) is 3. The zero-order valence-corrected chi connectivity index (χ0v) is 25.6. The highest BCUT2D eigenvalue weighted by atomic mass is 16.3. The zero-order chi connectivity index (χ0) is 31.2. The van der Waals surface area contributed by atoms with E-state index in [-0.39, 0.29) is 23.5 Å². The quantitative estimate of drug-likeness (QED) is 0.229. The maximum absolute atomic E-state index is 13.4. The molecule has 3 aromatic carbocycles. The Kier molecular flexibility index (Phi) is 9.14. The summed E-state index contributed by atoms with van der Waals surface area (Å²) in [5.74, 6) is 0.375. The Labute approximate surface area is 263 Å². The van der Waals surface area contributed by atoms with Crippen LogP contribution in [0.4, 0.5) is 17.1 Å². The molecular weight excluding hydrogens is 566 g/mol. The Balaban J connectivity index is 1.17. The monoisotopic (exact) mass is 605 g/mol.